The summed E-state index contributed by atoms with van der Waals surface area (Å²) in [5.74, 6) is 0. The van der Waals surface area contributed by atoms with Gasteiger partial charge in [-0.2, -0.15) is 0 Å². The summed E-state index contributed by atoms with van der Waals surface area (Å²) < 4.78 is 5.01. The van der Waals surface area contributed by atoms with Gasteiger partial charge in [-0.3, -0.25) is 0 Å². The second kappa shape index (κ2) is 21.4. The molecule has 0 amide bonds. The minimum absolute atomic E-state index is 0.234. The van der Waals surface area contributed by atoms with Crippen LogP contribution in [-0.2, 0) is 51.4 Å². The van der Waals surface area contributed by atoms with Crippen LogP contribution in [0.2, 0.25) is 0 Å². The zero-order valence-corrected chi connectivity index (χ0v) is 50.3. The number of para-hydroxylation sites is 2. The molecule has 0 spiro atoms. The van der Waals surface area contributed by atoms with E-state index in [0.29, 0.717) is 0 Å². The molecule has 0 bridgehead atoms. The van der Waals surface area contributed by atoms with E-state index < -0.39 is 0 Å². The third-order valence-electron chi connectivity index (χ3n) is 19.9. The molecule has 2 aliphatic carbocycles. The molecule has 4 nitrogen and oxygen atoms in total. The smallest absolute Gasteiger partial charge is 0.0561 e. The number of hydrogen-bond donors (Lipinski definition) is 0. The maximum atomic E-state index is 2.81. The first kappa shape index (κ1) is 52.4. The summed E-state index contributed by atoms with van der Waals surface area (Å²) in [5, 5.41) is 13.3. The molecule has 2 heterocycles. The largest absolute Gasteiger partial charge is 0.337 e. The van der Waals surface area contributed by atoms with E-state index in [4.69, 9.17) is 0 Å². The summed E-state index contributed by atoms with van der Waals surface area (Å²) in [4.78, 5) is 5.45. The number of nitrogens with zero attached hydrogens (tertiary/aromatic N) is 4. The van der Waals surface area contributed by atoms with Crippen molar-refractivity contribution < 1.29 is 0 Å². The molecule has 1 atom stereocenters. The zero-order chi connectivity index (χ0) is 57.6. The fourth-order valence-corrected chi connectivity index (χ4v) is 15.7. The fraction of sp³-hybridized carbons (Fsp3) is 0.220. The van der Waals surface area contributed by atoms with E-state index in [0.717, 1.165) is 70.6 Å². The number of rotatable bonds is 14. The van der Waals surface area contributed by atoms with E-state index in [-0.39, 0.29) is 6.04 Å². The summed E-state index contributed by atoms with van der Waals surface area (Å²) in [7, 11) is 0. The van der Waals surface area contributed by atoms with Crippen molar-refractivity contribution in [1.82, 2.24) is 9.13 Å². The Balaban J connectivity index is 0.963. The maximum Gasteiger partial charge on any atom is 0.0561 e. The first-order valence-corrected chi connectivity index (χ1v) is 32.3. The molecule has 16 rings (SSSR count). The summed E-state index contributed by atoms with van der Waals surface area (Å²) in [6.07, 6.45) is 14.0. The van der Waals surface area contributed by atoms with Crippen LogP contribution in [-0.4, -0.2) is 15.2 Å². The van der Waals surface area contributed by atoms with Crippen LogP contribution in [0.3, 0.4) is 0 Å². The molecule has 12 aromatic carbocycles. The first-order valence-electron chi connectivity index (χ1n) is 32.3. The highest BCUT2D eigenvalue weighted by Gasteiger charge is 2.31. The van der Waals surface area contributed by atoms with Crippen molar-refractivity contribution >= 4 is 104 Å². The summed E-state index contributed by atoms with van der Waals surface area (Å²) in [6.45, 7) is 9.20. The van der Waals surface area contributed by atoms with Gasteiger partial charge in [-0.25, -0.2) is 0 Å². The molecule has 14 aromatic rings. The highest BCUT2D eigenvalue weighted by molar-refractivity contribution is 6.29. The van der Waals surface area contributed by atoms with Crippen molar-refractivity contribution in [3.63, 3.8) is 0 Å². The Hall–Kier alpha value is -9.12. The Bertz CT molecular complexity index is 4920. The Kier molecular flexibility index (Phi) is 13.1. The van der Waals surface area contributed by atoms with Crippen molar-refractivity contribution in [2.45, 2.75) is 117 Å². The van der Waals surface area contributed by atoms with E-state index in [2.05, 4.69) is 259 Å². The van der Waals surface area contributed by atoms with Crippen molar-refractivity contribution in [1.29, 1.82) is 0 Å². The molecule has 422 valence electrons. The number of hydrogen-bond acceptors (Lipinski definition) is 2. The summed E-state index contributed by atoms with van der Waals surface area (Å²) >= 11 is 0. The van der Waals surface area contributed by atoms with Crippen molar-refractivity contribution in [2.24, 2.45) is 0 Å². The van der Waals surface area contributed by atoms with Crippen molar-refractivity contribution in [2.75, 3.05) is 9.80 Å². The average molecular weight is 1120 g/mol. The quantitative estimate of drug-likeness (QED) is 0.101. The lowest BCUT2D eigenvalue weighted by Crippen LogP contribution is -2.36. The fourth-order valence-electron chi connectivity index (χ4n) is 15.7. The molecule has 0 aliphatic heterocycles. The third kappa shape index (κ3) is 8.53. The lowest BCUT2D eigenvalue weighted by atomic mass is 9.84. The molecular weight excluding hydrogens is 1040 g/mol. The van der Waals surface area contributed by atoms with Gasteiger partial charge in [0.15, 0.2) is 0 Å². The molecule has 86 heavy (non-hydrogen) atoms. The summed E-state index contributed by atoms with van der Waals surface area (Å²) in [6, 6.07) is 83.3. The van der Waals surface area contributed by atoms with E-state index >= 15 is 0 Å². The predicted octanol–water partition coefficient (Wildman–Crippen LogP) is 21.9. The van der Waals surface area contributed by atoms with Gasteiger partial charge in [0.1, 0.15) is 0 Å². The maximum absolute atomic E-state index is 2.81. The molecule has 0 N–H and O–H groups in total. The highest BCUT2D eigenvalue weighted by atomic mass is 15.2. The first-order chi connectivity index (χ1) is 42.5. The predicted molar refractivity (Wildman–Crippen MR) is 368 cm³/mol. The number of anilines is 5. The molecule has 2 aliphatic rings. The lowest BCUT2D eigenvalue weighted by Gasteiger charge is -2.38. The van der Waals surface area contributed by atoms with Gasteiger partial charge in [-0.05, 0) is 222 Å². The number of aryl methyl sites for hydroxylation is 7. The van der Waals surface area contributed by atoms with Crippen molar-refractivity contribution in [3.8, 4) is 11.4 Å². The Morgan fingerprint density at radius 3 is 1.44 bits per heavy atom. The molecule has 0 fully saturated rings. The second-order valence-corrected chi connectivity index (χ2v) is 24.9. The van der Waals surface area contributed by atoms with Gasteiger partial charge < -0.3 is 18.9 Å². The Morgan fingerprint density at radius 1 is 0.372 bits per heavy atom. The molecule has 0 saturated heterocycles. The molecule has 2 aromatic heterocycles. The Morgan fingerprint density at radius 2 is 0.837 bits per heavy atom. The average Bonchev–Trinajstić information content (AvgIpc) is 0.860. The number of benzene rings is 12. The highest BCUT2D eigenvalue weighted by Crippen LogP contribution is 2.51. The van der Waals surface area contributed by atoms with E-state index in [1.165, 1.54) is 173 Å². The van der Waals surface area contributed by atoms with Crippen LogP contribution in [0.25, 0.3) is 87.3 Å². The van der Waals surface area contributed by atoms with Gasteiger partial charge in [0.05, 0.1) is 27.8 Å². The van der Waals surface area contributed by atoms with Crippen LogP contribution >= 0.6 is 0 Å². The van der Waals surface area contributed by atoms with Crippen molar-refractivity contribution in [3.05, 3.63) is 257 Å². The molecule has 4 heteroatoms. The SMILES string of the molecule is CCCc1cc(N(c2ccc3c(c2)CCCC3)c2ccc3c4ccccc4n(-c4ccc(CC)cc4)c3c2)c2ccc3c(CCC)cc(N(c4ccc5c6ccccc6n(-c6ccc(CC)cc6)c5c4)C4CCc5ccccc5C4)c4ccc1c2c34. The van der Waals surface area contributed by atoms with Gasteiger partial charge in [-0.15, -0.1) is 0 Å². The standard InChI is InChI=1S/C82H74N4/c1-5-17-59-49-77(83(63-37-31-55-19-9-11-21-57(55)47-63)65-39-41-71-69-23-13-15-25-75(69)85(79(71)51-65)61-33-27-53(7-3)28-34-61)73-46-44-68-60(18-6-2)50-78(74-45-43-67(59)81(73)82(68)74)84(64-38-32-56-20-10-12-22-58(56)48-64)66-40-42-72-70-24-14-16-26-76(70)86(80(72)52-66)62-35-29-54(8-4)30-36-62/h9,11,13-16,19,21,23-30,32-36,38-46,48-52,63H,5-8,10,12,17-18,20,22,31,37,47H2,1-4H3. The topological polar surface area (TPSA) is 16.3 Å². The van der Waals surface area contributed by atoms with Crippen LogP contribution in [0, 0.1) is 0 Å². The van der Waals surface area contributed by atoms with Gasteiger partial charge in [0.2, 0.25) is 0 Å². The normalized spacial score (nSPS) is 14.3. The Labute approximate surface area is 505 Å². The van der Waals surface area contributed by atoms with Crippen LogP contribution in [0.15, 0.2) is 212 Å². The molecule has 0 radical (unpaired) electrons. The van der Waals surface area contributed by atoms with E-state index in [1.54, 1.807) is 0 Å². The van der Waals surface area contributed by atoms with Crippen LogP contribution < -0.4 is 9.80 Å². The van der Waals surface area contributed by atoms with Gasteiger partial charge in [0.25, 0.3) is 0 Å². The monoisotopic (exact) mass is 1110 g/mol. The van der Waals surface area contributed by atoms with Crippen LogP contribution in [0.1, 0.15) is 104 Å². The minimum Gasteiger partial charge on any atom is -0.337 e. The number of aromatic nitrogens is 2. The minimum atomic E-state index is 0.234. The second-order valence-electron chi connectivity index (χ2n) is 24.9. The van der Waals surface area contributed by atoms with Crippen LogP contribution in [0.5, 0.6) is 0 Å². The zero-order valence-electron chi connectivity index (χ0n) is 50.3. The molecular formula is C82H74N4. The molecule has 1 unspecified atom stereocenters. The summed E-state index contributed by atoms with van der Waals surface area (Å²) in [5.41, 5.74) is 25.0. The van der Waals surface area contributed by atoms with Gasteiger partial charge in [-0.1, -0.05) is 168 Å². The van der Waals surface area contributed by atoms with Gasteiger partial charge >= 0.3 is 0 Å². The lowest BCUT2D eigenvalue weighted by molar-refractivity contribution is 0.564. The van der Waals surface area contributed by atoms with E-state index in [1.807, 2.05) is 0 Å². The molecule has 0 saturated carbocycles. The van der Waals surface area contributed by atoms with Gasteiger partial charge in [0, 0.05) is 72.5 Å². The van der Waals surface area contributed by atoms with E-state index in [9.17, 15) is 0 Å². The van der Waals surface area contributed by atoms with Crippen LogP contribution in [0.4, 0.5) is 28.4 Å². The third-order valence-corrected chi connectivity index (χ3v) is 19.9. The number of fused-ring (bicyclic) bond motifs is 8.